The monoisotopic (exact) mass is 342 g/mol. The molecule has 0 heterocycles. The summed E-state index contributed by atoms with van der Waals surface area (Å²) in [5.74, 6) is -0.574. The van der Waals surface area contributed by atoms with Crippen LogP contribution in [0.4, 0.5) is 10.5 Å². The first-order valence-electron chi connectivity index (χ1n) is 6.36. The standard InChI is InChI=1S/C14H19BrN2O3/c1-9(2)7-8-17(3)14(20)16-12-10(13(18)19)5-4-6-11(12)15/h4-6,9H,7-8H2,1-3H3,(H,16,20)(H,18,19). The molecule has 0 unspecified atom stereocenters. The van der Waals surface area contributed by atoms with Crippen LogP contribution in [-0.2, 0) is 0 Å². The molecule has 0 aliphatic rings. The van der Waals surface area contributed by atoms with Gasteiger partial charge in [0.2, 0.25) is 0 Å². The fourth-order valence-electron chi connectivity index (χ4n) is 1.59. The number of carboxylic acid groups (broad SMARTS) is 1. The van der Waals surface area contributed by atoms with Gasteiger partial charge in [-0.3, -0.25) is 0 Å². The fraction of sp³-hybridized carbons (Fsp3) is 0.429. The van der Waals surface area contributed by atoms with Crippen molar-refractivity contribution in [3.8, 4) is 0 Å². The van der Waals surface area contributed by atoms with E-state index in [1.165, 1.54) is 6.07 Å². The van der Waals surface area contributed by atoms with Crippen LogP contribution in [0.3, 0.4) is 0 Å². The third-order valence-electron chi connectivity index (χ3n) is 2.86. The van der Waals surface area contributed by atoms with E-state index in [0.29, 0.717) is 16.9 Å². The molecule has 0 aliphatic carbocycles. The summed E-state index contributed by atoms with van der Waals surface area (Å²) in [6.45, 7) is 4.79. The van der Waals surface area contributed by atoms with Crippen LogP contribution in [0.25, 0.3) is 0 Å². The maximum absolute atomic E-state index is 12.1. The number of amides is 2. The van der Waals surface area contributed by atoms with Gasteiger partial charge in [0.05, 0.1) is 11.3 Å². The number of aromatic carboxylic acids is 1. The third kappa shape index (κ3) is 4.52. The van der Waals surface area contributed by atoms with Gasteiger partial charge < -0.3 is 15.3 Å². The highest BCUT2D eigenvalue weighted by Gasteiger charge is 2.17. The highest BCUT2D eigenvalue weighted by molar-refractivity contribution is 9.10. The highest BCUT2D eigenvalue weighted by atomic mass is 79.9. The average molecular weight is 343 g/mol. The van der Waals surface area contributed by atoms with Gasteiger partial charge in [-0.25, -0.2) is 9.59 Å². The Morgan fingerprint density at radius 3 is 2.60 bits per heavy atom. The van der Waals surface area contributed by atoms with Crippen LogP contribution in [-0.4, -0.2) is 35.6 Å². The normalized spacial score (nSPS) is 10.4. The van der Waals surface area contributed by atoms with E-state index < -0.39 is 5.97 Å². The molecule has 0 fully saturated rings. The predicted octanol–water partition coefficient (Wildman–Crippen LogP) is 3.66. The number of hydrogen-bond acceptors (Lipinski definition) is 2. The predicted molar refractivity (Wildman–Crippen MR) is 82.2 cm³/mol. The molecule has 2 N–H and O–H groups in total. The molecular weight excluding hydrogens is 324 g/mol. The van der Waals surface area contributed by atoms with Crippen molar-refractivity contribution in [3.05, 3.63) is 28.2 Å². The number of nitrogens with one attached hydrogen (secondary N) is 1. The highest BCUT2D eigenvalue weighted by Crippen LogP contribution is 2.26. The topological polar surface area (TPSA) is 69.6 Å². The zero-order chi connectivity index (χ0) is 15.3. The molecule has 0 aliphatic heterocycles. The fourth-order valence-corrected chi connectivity index (χ4v) is 2.05. The van der Waals surface area contributed by atoms with Crippen molar-refractivity contribution in [1.82, 2.24) is 4.90 Å². The second-order valence-corrected chi connectivity index (χ2v) is 5.86. The summed E-state index contributed by atoms with van der Waals surface area (Å²) in [5.41, 5.74) is 0.339. The SMILES string of the molecule is CC(C)CCN(C)C(=O)Nc1c(Br)cccc1C(=O)O. The van der Waals surface area contributed by atoms with Gasteiger partial charge in [-0.1, -0.05) is 19.9 Å². The lowest BCUT2D eigenvalue weighted by Gasteiger charge is -2.20. The van der Waals surface area contributed by atoms with Gasteiger partial charge in [-0.2, -0.15) is 0 Å². The van der Waals surface area contributed by atoms with Gasteiger partial charge in [0, 0.05) is 18.1 Å². The molecular formula is C14H19BrN2O3. The molecule has 1 rings (SSSR count). The number of halogens is 1. The van der Waals surface area contributed by atoms with E-state index in [1.54, 1.807) is 24.1 Å². The van der Waals surface area contributed by atoms with E-state index in [-0.39, 0.29) is 17.3 Å². The smallest absolute Gasteiger partial charge is 0.337 e. The van der Waals surface area contributed by atoms with E-state index >= 15 is 0 Å². The molecule has 6 heteroatoms. The summed E-state index contributed by atoms with van der Waals surface area (Å²) < 4.78 is 0.544. The molecule has 1 aromatic carbocycles. The number of rotatable bonds is 5. The number of urea groups is 1. The number of carboxylic acids is 1. The first kappa shape index (κ1) is 16.5. The minimum Gasteiger partial charge on any atom is -0.478 e. The van der Waals surface area contributed by atoms with Gasteiger partial charge in [0.15, 0.2) is 0 Å². The number of nitrogens with zero attached hydrogens (tertiary/aromatic N) is 1. The van der Waals surface area contributed by atoms with Gasteiger partial charge in [-0.15, -0.1) is 0 Å². The lowest BCUT2D eigenvalue weighted by atomic mass is 10.1. The van der Waals surface area contributed by atoms with Crippen molar-refractivity contribution in [3.63, 3.8) is 0 Å². The lowest BCUT2D eigenvalue weighted by Crippen LogP contribution is -2.33. The van der Waals surface area contributed by atoms with E-state index in [0.717, 1.165) is 6.42 Å². The number of anilines is 1. The zero-order valence-corrected chi connectivity index (χ0v) is 13.4. The van der Waals surface area contributed by atoms with E-state index in [4.69, 9.17) is 5.11 Å². The molecule has 20 heavy (non-hydrogen) atoms. The van der Waals surface area contributed by atoms with E-state index in [9.17, 15) is 9.59 Å². The summed E-state index contributed by atoms with van der Waals surface area (Å²) in [5, 5.41) is 11.8. The Labute approximate surface area is 127 Å². The van der Waals surface area contributed by atoms with Gasteiger partial charge in [0.25, 0.3) is 0 Å². The molecule has 0 atom stereocenters. The third-order valence-corrected chi connectivity index (χ3v) is 3.53. The first-order valence-corrected chi connectivity index (χ1v) is 7.16. The quantitative estimate of drug-likeness (QED) is 0.857. The van der Waals surface area contributed by atoms with Crippen molar-refractivity contribution in [2.45, 2.75) is 20.3 Å². The molecule has 0 bridgehead atoms. The molecule has 0 radical (unpaired) electrons. The second kappa shape index (κ2) is 7.28. The summed E-state index contributed by atoms with van der Waals surface area (Å²) in [4.78, 5) is 24.8. The van der Waals surface area contributed by atoms with Crippen molar-refractivity contribution in [2.75, 3.05) is 18.9 Å². The average Bonchev–Trinajstić information content (AvgIpc) is 2.37. The van der Waals surface area contributed by atoms with E-state index in [1.807, 2.05) is 0 Å². The van der Waals surface area contributed by atoms with Crippen LogP contribution in [0.2, 0.25) is 0 Å². The number of para-hydroxylation sites is 1. The Morgan fingerprint density at radius 2 is 2.05 bits per heavy atom. The number of hydrogen-bond donors (Lipinski definition) is 2. The van der Waals surface area contributed by atoms with Gasteiger partial charge in [-0.05, 0) is 40.4 Å². The van der Waals surface area contributed by atoms with Crippen LogP contribution >= 0.6 is 15.9 Å². The van der Waals surface area contributed by atoms with Crippen LogP contribution in [0.15, 0.2) is 22.7 Å². The second-order valence-electron chi connectivity index (χ2n) is 5.00. The molecule has 0 spiro atoms. The Balaban J connectivity index is 2.82. The van der Waals surface area contributed by atoms with Crippen LogP contribution < -0.4 is 5.32 Å². The summed E-state index contributed by atoms with van der Waals surface area (Å²) in [7, 11) is 1.69. The molecule has 0 saturated heterocycles. The molecule has 5 nitrogen and oxygen atoms in total. The van der Waals surface area contributed by atoms with Crippen molar-refractivity contribution in [2.24, 2.45) is 5.92 Å². The Hall–Kier alpha value is -1.56. The number of carbonyl (C=O) groups excluding carboxylic acids is 1. The van der Waals surface area contributed by atoms with E-state index in [2.05, 4.69) is 35.1 Å². The summed E-state index contributed by atoms with van der Waals surface area (Å²) >= 11 is 3.26. The maximum atomic E-state index is 12.1. The summed E-state index contributed by atoms with van der Waals surface area (Å²) in [6, 6.07) is 4.44. The van der Waals surface area contributed by atoms with Crippen LogP contribution in [0, 0.1) is 5.92 Å². The number of benzene rings is 1. The maximum Gasteiger partial charge on any atom is 0.337 e. The first-order chi connectivity index (χ1) is 9.32. The molecule has 1 aromatic rings. The van der Waals surface area contributed by atoms with Crippen LogP contribution in [0.5, 0.6) is 0 Å². The minimum atomic E-state index is -1.08. The lowest BCUT2D eigenvalue weighted by molar-refractivity contribution is 0.0698. The molecule has 110 valence electrons. The molecule has 2 amide bonds. The molecule has 0 saturated carbocycles. The minimum absolute atomic E-state index is 0.0602. The summed E-state index contributed by atoms with van der Waals surface area (Å²) in [6.07, 6.45) is 0.895. The van der Waals surface area contributed by atoms with Crippen molar-refractivity contribution in [1.29, 1.82) is 0 Å². The Kier molecular flexibility index (Phi) is 6.01. The number of carbonyl (C=O) groups is 2. The molecule has 0 aromatic heterocycles. The van der Waals surface area contributed by atoms with Crippen molar-refractivity contribution >= 4 is 33.6 Å². The largest absolute Gasteiger partial charge is 0.478 e. The zero-order valence-electron chi connectivity index (χ0n) is 11.8. The van der Waals surface area contributed by atoms with Gasteiger partial charge in [0.1, 0.15) is 0 Å². The Bertz CT molecular complexity index is 503. The van der Waals surface area contributed by atoms with Crippen LogP contribution in [0.1, 0.15) is 30.6 Å². The van der Waals surface area contributed by atoms with Crippen molar-refractivity contribution < 1.29 is 14.7 Å². The van der Waals surface area contributed by atoms with Gasteiger partial charge >= 0.3 is 12.0 Å². The Morgan fingerprint density at radius 1 is 1.40 bits per heavy atom.